The van der Waals surface area contributed by atoms with Crippen LogP contribution in [0.25, 0.3) is 0 Å². The minimum Gasteiger partial charge on any atom is -0.482 e. The lowest BCUT2D eigenvalue weighted by atomic mass is 9.82. The van der Waals surface area contributed by atoms with Crippen molar-refractivity contribution in [2.24, 2.45) is 5.92 Å². The molecule has 1 N–H and O–H groups in total. The van der Waals surface area contributed by atoms with Crippen LogP contribution in [0.1, 0.15) is 30.2 Å². The number of anilines is 3. The van der Waals surface area contributed by atoms with Crippen LogP contribution < -0.4 is 14.5 Å². The van der Waals surface area contributed by atoms with E-state index < -0.39 is 31.6 Å². The number of carbonyl (C=O) groups excluding carboxylic acids is 2. The lowest BCUT2D eigenvalue weighted by Gasteiger charge is -2.32. The Morgan fingerprint density at radius 1 is 1.04 bits per heavy atom. The van der Waals surface area contributed by atoms with Crippen LogP contribution in [0.3, 0.4) is 0 Å². The molecule has 2 amide bonds. The molecule has 3 aliphatic heterocycles. The SMILES string of the molecule is C[C@H]1[C@H]([Si](C)(C)F)[C@@H](CCn2cc(CCO)nn2)O[C@]12C(=O)N(Cc1ccccc1)c1ccc(N3C(=O)COc4ccccc43)cc12. The van der Waals surface area contributed by atoms with Crippen LogP contribution >= 0.6 is 0 Å². The highest BCUT2D eigenvalue weighted by Crippen LogP contribution is 2.61. The number of hydrogen-bond acceptors (Lipinski definition) is 7. The molecule has 4 heterocycles. The van der Waals surface area contributed by atoms with Gasteiger partial charge in [-0.1, -0.05) is 54.6 Å². The summed E-state index contributed by atoms with van der Waals surface area (Å²) in [6.07, 6.45) is 2.03. The molecule has 7 rings (SSSR count). The number of carbonyl (C=O) groups is 2. The molecular formula is C35H38FN5O5Si. The number of ether oxygens (including phenoxy) is 2. The van der Waals surface area contributed by atoms with E-state index in [2.05, 4.69) is 10.3 Å². The number of halogens is 1. The van der Waals surface area contributed by atoms with Gasteiger partial charge in [-0.2, -0.15) is 0 Å². The molecule has 1 fully saturated rings. The standard InChI is InChI=1S/C35H38FN5O5Si/c1-23-33(47(2,3)36)31(15-17-39-21-25(16-18-42)37-38-39)46-35(23)27-19-26(41-29-11-7-8-12-30(29)45-22-32(41)43)13-14-28(27)40(34(35)44)20-24-9-5-4-6-10-24/h4-14,19,21,23,31,33,42H,15-18,20,22H2,1-3H3/t23-,31+,33-,35+/m0/s1. The van der Waals surface area contributed by atoms with Gasteiger partial charge in [-0.15, -0.1) is 5.10 Å². The van der Waals surface area contributed by atoms with Crippen molar-refractivity contribution in [2.45, 2.75) is 63.2 Å². The third-order valence-electron chi connectivity index (χ3n) is 9.69. The first-order valence-corrected chi connectivity index (χ1v) is 19.0. The lowest BCUT2D eigenvalue weighted by molar-refractivity contribution is -0.146. The lowest BCUT2D eigenvalue weighted by Crippen LogP contribution is -2.45. The van der Waals surface area contributed by atoms with Crippen LogP contribution in [-0.4, -0.2) is 59.6 Å². The summed E-state index contributed by atoms with van der Waals surface area (Å²) in [4.78, 5) is 31.5. The Bertz CT molecular complexity index is 1810. The Kier molecular flexibility index (Phi) is 7.97. The topological polar surface area (TPSA) is 110 Å². The van der Waals surface area contributed by atoms with E-state index in [1.807, 2.05) is 79.7 Å². The Morgan fingerprint density at radius 3 is 2.57 bits per heavy atom. The van der Waals surface area contributed by atoms with Gasteiger partial charge in [0.2, 0.25) is 8.41 Å². The monoisotopic (exact) mass is 655 g/mol. The molecule has 12 heteroatoms. The number of rotatable bonds is 9. The average molecular weight is 656 g/mol. The van der Waals surface area contributed by atoms with Crippen molar-refractivity contribution < 1.29 is 28.3 Å². The normalized spacial score (nSPS) is 23.7. The predicted molar refractivity (Wildman–Crippen MR) is 177 cm³/mol. The number of aliphatic hydroxyl groups is 1. The number of aromatic nitrogens is 3. The molecule has 0 aliphatic carbocycles. The van der Waals surface area contributed by atoms with E-state index in [9.17, 15) is 14.7 Å². The van der Waals surface area contributed by atoms with Crippen molar-refractivity contribution in [3.63, 3.8) is 0 Å². The molecule has 1 spiro atoms. The van der Waals surface area contributed by atoms with Gasteiger partial charge >= 0.3 is 0 Å². The maximum absolute atomic E-state index is 16.4. The summed E-state index contributed by atoms with van der Waals surface area (Å²) in [6, 6.07) is 22.7. The first-order valence-electron chi connectivity index (χ1n) is 16.0. The fourth-order valence-corrected chi connectivity index (χ4v) is 10.2. The number of hydrogen-bond donors (Lipinski definition) is 1. The fourth-order valence-electron chi connectivity index (χ4n) is 7.69. The van der Waals surface area contributed by atoms with E-state index in [0.717, 1.165) is 5.56 Å². The Hall–Kier alpha value is -4.39. The van der Waals surface area contributed by atoms with Crippen molar-refractivity contribution in [1.82, 2.24) is 15.0 Å². The van der Waals surface area contributed by atoms with Crippen LogP contribution in [0.5, 0.6) is 5.75 Å². The second-order valence-corrected chi connectivity index (χ2v) is 16.9. The zero-order valence-electron chi connectivity index (χ0n) is 26.7. The van der Waals surface area contributed by atoms with Crippen LogP contribution in [0.2, 0.25) is 18.6 Å². The fraction of sp³-hybridized carbons (Fsp3) is 0.371. The Labute approximate surface area is 273 Å². The van der Waals surface area contributed by atoms with Crippen molar-refractivity contribution in [3.8, 4) is 5.75 Å². The van der Waals surface area contributed by atoms with E-state index in [4.69, 9.17) is 9.47 Å². The quantitative estimate of drug-likeness (QED) is 0.193. The third kappa shape index (κ3) is 5.34. The smallest absolute Gasteiger partial charge is 0.269 e. The molecule has 0 saturated carbocycles. The number of para-hydroxylation sites is 2. The minimum absolute atomic E-state index is 0.0290. The highest BCUT2D eigenvalue weighted by molar-refractivity contribution is 6.72. The molecule has 47 heavy (non-hydrogen) atoms. The summed E-state index contributed by atoms with van der Waals surface area (Å²) in [5.74, 6) is -0.360. The molecule has 1 saturated heterocycles. The van der Waals surface area contributed by atoms with Gasteiger partial charge in [0.1, 0.15) is 5.75 Å². The summed E-state index contributed by atoms with van der Waals surface area (Å²) in [5, 5.41) is 17.6. The van der Waals surface area contributed by atoms with Crippen molar-refractivity contribution in [1.29, 1.82) is 0 Å². The van der Waals surface area contributed by atoms with Gasteiger partial charge in [0.15, 0.2) is 12.2 Å². The average Bonchev–Trinajstić information content (AvgIpc) is 3.70. The third-order valence-corrected chi connectivity index (χ3v) is 12.1. The largest absolute Gasteiger partial charge is 0.482 e. The second-order valence-electron chi connectivity index (χ2n) is 13.1. The number of nitrogens with zero attached hydrogens (tertiary/aromatic N) is 5. The van der Waals surface area contributed by atoms with Gasteiger partial charge in [0.25, 0.3) is 11.8 Å². The molecule has 4 aromatic rings. The Morgan fingerprint density at radius 2 is 1.81 bits per heavy atom. The van der Waals surface area contributed by atoms with Crippen molar-refractivity contribution in [2.75, 3.05) is 23.0 Å². The number of aryl methyl sites for hydroxylation is 1. The van der Waals surface area contributed by atoms with Crippen molar-refractivity contribution in [3.05, 3.63) is 95.8 Å². The molecule has 3 aromatic carbocycles. The van der Waals surface area contributed by atoms with E-state index in [0.29, 0.717) is 60.0 Å². The van der Waals surface area contributed by atoms with Gasteiger partial charge < -0.3 is 23.6 Å². The Balaban J connectivity index is 1.32. The van der Waals surface area contributed by atoms with E-state index in [-0.39, 0.29) is 25.0 Å². The highest BCUT2D eigenvalue weighted by atomic mass is 28.4. The van der Waals surface area contributed by atoms with Crippen LogP contribution in [0, 0.1) is 5.92 Å². The maximum atomic E-state index is 16.4. The highest BCUT2D eigenvalue weighted by Gasteiger charge is 2.66. The van der Waals surface area contributed by atoms with Gasteiger partial charge in [-0.25, -0.2) is 0 Å². The van der Waals surface area contributed by atoms with E-state index >= 15 is 4.11 Å². The molecule has 0 bridgehead atoms. The molecule has 0 unspecified atom stereocenters. The first kappa shape index (κ1) is 31.2. The van der Waals surface area contributed by atoms with Gasteiger partial charge in [-0.3, -0.25) is 19.2 Å². The molecule has 1 aromatic heterocycles. The summed E-state index contributed by atoms with van der Waals surface area (Å²) >= 11 is 0. The number of benzene rings is 3. The summed E-state index contributed by atoms with van der Waals surface area (Å²) in [6.45, 7) is 5.89. The number of fused-ring (bicyclic) bond motifs is 3. The van der Waals surface area contributed by atoms with E-state index in [1.165, 1.54) is 0 Å². The molecule has 10 nitrogen and oxygen atoms in total. The molecule has 244 valence electrons. The number of amides is 2. The summed E-state index contributed by atoms with van der Waals surface area (Å²) in [7, 11) is -3.40. The summed E-state index contributed by atoms with van der Waals surface area (Å²) in [5.41, 5.74) is 2.20. The zero-order valence-corrected chi connectivity index (χ0v) is 27.7. The zero-order chi connectivity index (χ0) is 32.9. The maximum Gasteiger partial charge on any atom is 0.269 e. The second kappa shape index (κ2) is 12.0. The van der Waals surface area contributed by atoms with Crippen molar-refractivity contribution >= 4 is 37.3 Å². The molecule has 3 aliphatic rings. The van der Waals surface area contributed by atoms with E-state index in [1.54, 1.807) is 33.8 Å². The van der Waals surface area contributed by atoms with Crippen LogP contribution in [0.4, 0.5) is 21.2 Å². The van der Waals surface area contributed by atoms with Gasteiger partial charge in [0, 0.05) is 48.5 Å². The number of aliphatic hydroxyl groups excluding tert-OH is 1. The first-order chi connectivity index (χ1) is 22.6. The minimum atomic E-state index is -3.40. The predicted octanol–water partition coefficient (Wildman–Crippen LogP) is 5.28. The van der Waals surface area contributed by atoms with Gasteiger partial charge in [0.05, 0.1) is 29.7 Å². The van der Waals surface area contributed by atoms with Gasteiger partial charge in [-0.05, 0) is 55.4 Å². The molecular weight excluding hydrogens is 617 g/mol. The molecule has 0 radical (unpaired) electrons. The summed E-state index contributed by atoms with van der Waals surface area (Å²) < 4.78 is 30.7. The van der Waals surface area contributed by atoms with Crippen LogP contribution in [0.15, 0.2) is 79.0 Å². The molecule has 4 atom stereocenters. The van der Waals surface area contributed by atoms with Crippen LogP contribution in [-0.2, 0) is 39.4 Å².